The third-order valence-electron chi connectivity index (χ3n) is 4.15. The van der Waals surface area contributed by atoms with Crippen LogP contribution >= 0.6 is 0 Å². The summed E-state index contributed by atoms with van der Waals surface area (Å²) in [6.45, 7) is 5.45. The summed E-state index contributed by atoms with van der Waals surface area (Å²) in [4.78, 5) is 4.19. The predicted molar refractivity (Wildman–Crippen MR) is 71.9 cm³/mol. The number of hydrogen-bond acceptors (Lipinski definition) is 2. The highest BCUT2D eigenvalue weighted by Gasteiger charge is 2.19. The van der Waals surface area contributed by atoms with E-state index in [-0.39, 0.29) is 0 Å². The van der Waals surface area contributed by atoms with Crippen molar-refractivity contribution >= 4 is 0 Å². The molecule has 94 valence electrons. The lowest BCUT2D eigenvalue weighted by Crippen LogP contribution is -2.32. The summed E-state index contributed by atoms with van der Waals surface area (Å²) in [6, 6.07) is 2.81. The number of rotatable bonds is 4. The molecule has 1 aromatic heterocycles. The Hall–Kier alpha value is -0.890. The van der Waals surface area contributed by atoms with Crippen molar-refractivity contribution in [3.8, 4) is 0 Å². The summed E-state index contributed by atoms with van der Waals surface area (Å²) in [5.41, 5.74) is 2.68. The van der Waals surface area contributed by atoms with Crippen LogP contribution in [0, 0.1) is 12.8 Å². The molecule has 1 aliphatic rings. The Morgan fingerprint density at radius 1 is 1.29 bits per heavy atom. The zero-order valence-electron chi connectivity index (χ0n) is 11.1. The average Bonchev–Trinajstić information content (AvgIpc) is 2.38. The first-order valence-electron chi connectivity index (χ1n) is 6.92. The van der Waals surface area contributed by atoms with Crippen LogP contribution in [0.3, 0.4) is 0 Å². The van der Waals surface area contributed by atoms with Crippen molar-refractivity contribution < 1.29 is 0 Å². The Kier molecular flexibility index (Phi) is 4.55. The molecule has 0 atom stereocenters. The number of aromatic nitrogens is 1. The van der Waals surface area contributed by atoms with E-state index in [4.69, 9.17) is 0 Å². The van der Waals surface area contributed by atoms with Crippen LogP contribution in [0.15, 0.2) is 18.5 Å². The van der Waals surface area contributed by atoms with Crippen molar-refractivity contribution in [1.82, 2.24) is 10.3 Å². The lowest BCUT2D eigenvalue weighted by Gasteiger charge is -2.28. The molecule has 2 rings (SSSR count). The van der Waals surface area contributed by atoms with Crippen molar-refractivity contribution in [3.05, 3.63) is 29.6 Å². The Morgan fingerprint density at radius 2 is 2.06 bits per heavy atom. The summed E-state index contributed by atoms with van der Waals surface area (Å²) in [5, 5.41) is 3.68. The maximum Gasteiger partial charge on any atom is 0.0315 e. The third-order valence-corrected chi connectivity index (χ3v) is 4.15. The van der Waals surface area contributed by atoms with Crippen molar-refractivity contribution in [2.24, 2.45) is 5.92 Å². The maximum absolute atomic E-state index is 4.19. The van der Waals surface area contributed by atoms with Gasteiger partial charge in [0.1, 0.15) is 0 Å². The molecule has 0 aromatic carbocycles. The van der Waals surface area contributed by atoms with Gasteiger partial charge in [0.05, 0.1) is 0 Å². The number of hydrogen-bond donors (Lipinski definition) is 1. The number of nitrogens with one attached hydrogen (secondary N) is 1. The van der Waals surface area contributed by atoms with Gasteiger partial charge in [-0.3, -0.25) is 4.98 Å². The Bertz CT molecular complexity index is 341. The molecule has 17 heavy (non-hydrogen) atoms. The van der Waals surface area contributed by atoms with Crippen LogP contribution in [-0.2, 0) is 6.54 Å². The lowest BCUT2D eigenvalue weighted by atomic mass is 9.84. The topological polar surface area (TPSA) is 24.9 Å². The molecule has 0 amide bonds. The van der Waals surface area contributed by atoms with Gasteiger partial charge in [-0.15, -0.1) is 0 Å². The SMILES string of the molecule is CCC1CCC(NCc2cnccc2C)CC1. The highest BCUT2D eigenvalue weighted by Crippen LogP contribution is 2.26. The zero-order chi connectivity index (χ0) is 12.1. The normalized spacial score (nSPS) is 24.8. The lowest BCUT2D eigenvalue weighted by molar-refractivity contribution is 0.285. The van der Waals surface area contributed by atoms with Crippen LogP contribution in [0.1, 0.15) is 50.2 Å². The van der Waals surface area contributed by atoms with Gasteiger partial charge in [0.2, 0.25) is 0 Å². The smallest absolute Gasteiger partial charge is 0.0315 e. The summed E-state index contributed by atoms with van der Waals surface area (Å²) in [6.07, 6.45) is 10.7. The van der Waals surface area contributed by atoms with Gasteiger partial charge in [0, 0.05) is 25.0 Å². The van der Waals surface area contributed by atoms with Crippen molar-refractivity contribution in [2.45, 2.75) is 58.5 Å². The number of pyridine rings is 1. The second-order valence-electron chi connectivity index (χ2n) is 5.31. The molecule has 0 unspecified atom stereocenters. The summed E-state index contributed by atoms with van der Waals surface area (Å²) >= 11 is 0. The molecular weight excluding hydrogens is 208 g/mol. The van der Waals surface area contributed by atoms with E-state index in [1.807, 2.05) is 12.4 Å². The molecule has 0 aliphatic heterocycles. The van der Waals surface area contributed by atoms with Crippen molar-refractivity contribution in [2.75, 3.05) is 0 Å². The van der Waals surface area contributed by atoms with E-state index in [1.165, 1.54) is 43.2 Å². The fraction of sp³-hybridized carbons (Fsp3) is 0.667. The molecule has 1 heterocycles. The highest BCUT2D eigenvalue weighted by molar-refractivity contribution is 5.21. The molecule has 0 saturated heterocycles. The fourth-order valence-electron chi connectivity index (χ4n) is 2.71. The van der Waals surface area contributed by atoms with Gasteiger partial charge in [-0.25, -0.2) is 0 Å². The first-order chi connectivity index (χ1) is 8.29. The highest BCUT2D eigenvalue weighted by atomic mass is 14.9. The second kappa shape index (κ2) is 6.15. The van der Waals surface area contributed by atoms with Gasteiger partial charge < -0.3 is 5.32 Å². The van der Waals surface area contributed by atoms with Crippen LogP contribution in [0.25, 0.3) is 0 Å². The zero-order valence-corrected chi connectivity index (χ0v) is 11.1. The minimum atomic E-state index is 0.720. The van der Waals surface area contributed by atoms with Gasteiger partial charge >= 0.3 is 0 Å². The fourth-order valence-corrected chi connectivity index (χ4v) is 2.71. The molecule has 0 radical (unpaired) electrons. The minimum Gasteiger partial charge on any atom is -0.310 e. The number of nitrogens with zero attached hydrogens (tertiary/aromatic N) is 1. The van der Waals surface area contributed by atoms with Crippen molar-refractivity contribution in [1.29, 1.82) is 0 Å². The van der Waals surface area contributed by atoms with Gasteiger partial charge in [0.25, 0.3) is 0 Å². The molecule has 2 heteroatoms. The molecule has 1 aliphatic carbocycles. The summed E-state index contributed by atoms with van der Waals surface area (Å²) < 4.78 is 0. The first-order valence-corrected chi connectivity index (χ1v) is 6.92. The quantitative estimate of drug-likeness (QED) is 0.860. The maximum atomic E-state index is 4.19. The van der Waals surface area contributed by atoms with E-state index in [1.54, 1.807) is 0 Å². The van der Waals surface area contributed by atoms with E-state index in [2.05, 4.69) is 30.2 Å². The van der Waals surface area contributed by atoms with Gasteiger partial charge in [0.15, 0.2) is 0 Å². The van der Waals surface area contributed by atoms with Crippen LogP contribution in [0.2, 0.25) is 0 Å². The first kappa shape index (κ1) is 12.6. The Balaban J connectivity index is 1.78. The molecule has 2 nitrogen and oxygen atoms in total. The van der Waals surface area contributed by atoms with Gasteiger partial charge in [-0.2, -0.15) is 0 Å². The average molecular weight is 232 g/mol. The second-order valence-corrected chi connectivity index (χ2v) is 5.31. The Morgan fingerprint density at radius 3 is 2.71 bits per heavy atom. The third kappa shape index (κ3) is 3.53. The molecule has 1 aromatic rings. The monoisotopic (exact) mass is 232 g/mol. The molecule has 1 fully saturated rings. The predicted octanol–water partition coefficient (Wildman–Crippen LogP) is 3.45. The minimum absolute atomic E-state index is 0.720. The van der Waals surface area contributed by atoms with E-state index in [0.717, 1.165) is 18.5 Å². The largest absolute Gasteiger partial charge is 0.310 e. The van der Waals surface area contributed by atoms with Crippen LogP contribution in [0.4, 0.5) is 0 Å². The van der Waals surface area contributed by atoms with Crippen molar-refractivity contribution in [3.63, 3.8) is 0 Å². The molecular formula is C15H24N2. The van der Waals surface area contributed by atoms with E-state index in [9.17, 15) is 0 Å². The van der Waals surface area contributed by atoms with E-state index >= 15 is 0 Å². The van der Waals surface area contributed by atoms with Crippen LogP contribution in [-0.4, -0.2) is 11.0 Å². The summed E-state index contributed by atoms with van der Waals surface area (Å²) in [7, 11) is 0. The van der Waals surface area contributed by atoms with Gasteiger partial charge in [-0.05, 0) is 55.7 Å². The number of aryl methyl sites for hydroxylation is 1. The summed E-state index contributed by atoms with van der Waals surface area (Å²) in [5.74, 6) is 0.980. The standard InChI is InChI=1S/C15H24N2/c1-3-13-4-6-15(7-5-13)17-11-14-10-16-9-8-12(14)2/h8-10,13,15,17H,3-7,11H2,1-2H3. The van der Waals surface area contributed by atoms with E-state index < -0.39 is 0 Å². The Labute approximate surface area is 105 Å². The van der Waals surface area contributed by atoms with Crippen LogP contribution < -0.4 is 5.32 Å². The molecule has 1 saturated carbocycles. The molecule has 0 bridgehead atoms. The van der Waals surface area contributed by atoms with E-state index in [0.29, 0.717) is 0 Å². The molecule has 1 N–H and O–H groups in total. The molecule has 0 spiro atoms. The van der Waals surface area contributed by atoms with Crippen LogP contribution in [0.5, 0.6) is 0 Å². The van der Waals surface area contributed by atoms with Gasteiger partial charge in [-0.1, -0.05) is 13.3 Å².